The summed E-state index contributed by atoms with van der Waals surface area (Å²) in [6, 6.07) is 1.41. The SMILES string of the molecule is CCC1COCCN1C1CCCCNC1. The molecule has 2 unspecified atom stereocenters. The standard InChI is InChI=1S/C12H24N2O/c1-2-11-10-15-8-7-14(11)12-5-3-4-6-13-9-12/h11-13H,2-10H2,1H3. The molecule has 1 N–H and O–H groups in total. The van der Waals surface area contributed by atoms with Crippen LogP contribution in [0.2, 0.25) is 0 Å². The Labute approximate surface area is 93.2 Å². The van der Waals surface area contributed by atoms with Crippen molar-refractivity contribution in [1.82, 2.24) is 10.2 Å². The van der Waals surface area contributed by atoms with Crippen molar-refractivity contribution in [2.24, 2.45) is 0 Å². The van der Waals surface area contributed by atoms with Crippen LogP contribution in [0.1, 0.15) is 32.6 Å². The van der Waals surface area contributed by atoms with Gasteiger partial charge in [-0.3, -0.25) is 4.90 Å². The maximum atomic E-state index is 5.56. The van der Waals surface area contributed by atoms with E-state index in [4.69, 9.17) is 4.74 Å². The zero-order valence-electron chi connectivity index (χ0n) is 9.87. The maximum absolute atomic E-state index is 5.56. The number of nitrogens with zero attached hydrogens (tertiary/aromatic N) is 1. The normalized spacial score (nSPS) is 35.0. The first-order valence-corrected chi connectivity index (χ1v) is 6.46. The van der Waals surface area contributed by atoms with E-state index >= 15 is 0 Å². The highest BCUT2D eigenvalue weighted by Crippen LogP contribution is 2.18. The monoisotopic (exact) mass is 212 g/mol. The van der Waals surface area contributed by atoms with E-state index in [1.807, 2.05) is 0 Å². The van der Waals surface area contributed by atoms with E-state index < -0.39 is 0 Å². The molecule has 0 saturated carbocycles. The third-order valence-corrected chi connectivity index (χ3v) is 3.73. The Hall–Kier alpha value is -0.120. The van der Waals surface area contributed by atoms with E-state index in [9.17, 15) is 0 Å². The van der Waals surface area contributed by atoms with Crippen molar-refractivity contribution in [3.8, 4) is 0 Å². The lowest BCUT2D eigenvalue weighted by molar-refractivity contribution is -0.0305. The first-order chi connectivity index (χ1) is 7.42. The minimum atomic E-state index is 0.656. The van der Waals surface area contributed by atoms with E-state index in [1.165, 1.54) is 38.8 Å². The Bertz CT molecular complexity index is 178. The van der Waals surface area contributed by atoms with Gasteiger partial charge < -0.3 is 10.1 Å². The van der Waals surface area contributed by atoms with Gasteiger partial charge in [0.15, 0.2) is 0 Å². The second-order valence-corrected chi connectivity index (χ2v) is 4.73. The second kappa shape index (κ2) is 5.83. The predicted molar refractivity (Wildman–Crippen MR) is 62.1 cm³/mol. The van der Waals surface area contributed by atoms with Crippen LogP contribution in [0.4, 0.5) is 0 Å². The lowest BCUT2D eigenvalue weighted by Gasteiger charge is -2.40. The van der Waals surface area contributed by atoms with Gasteiger partial charge in [0.2, 0.25) is 0 Å². The van der Waals surface area contributed by atoms with Gasteiger partial charge in [-0.05, 0) is 25.8 Å². The Morgan fingerprint density at radius 3 is 3.20 bits per heavy atom. The quantitative estimate of drug-likeness (QED) is 0.745. The van der Waals surface area contributed by atoms with Gasteiger partial charge in [-0.1, -0.05) is 13.3 Å². The first kappa shape index (κ1) is 11.4. The smallest absolute Gasteiger partial charge is 0.0622 e. The highest BCUT2D eigenvalue weighted by Gasteiger charge is 2.28. The molecule has 88 valence electrons. The highest BCUT2D eigenvalue weighted by molar-refractivity contribution is 4.83. The predicted octanol–water partition coefficient (Wildman–Crippen LogP) is 1.24. The second-order valence-electron chi connectivity index (χ2n) is 4.73. The third-order valence-electron chi connectivity index (χ3n) is 3.73. The van der Waals surface area contributed by atoms with E-state index in [-0.39, 0.29) is 0 Å². The number of hydrogen-bond acceptors (Lipinski definition) is 3. The summed E-state index contributed by atoms with van der Waals surface area (Å²) < 4.78 is 5.56. The summed E-state index contributed by atoms with van der Waals surface area (Å²) in [5, 5.41) is 3.56. The molecular formula is C12H24N2O. The largest absolute Gasteiger partial charge is 0.378 e. The summed E-state index contributed by atoms with van der Waals surface area (Å²) in [4.78, 5) is 2.68. The van der Waals surface area contributed by atoms with Crippen molar-refractivity contribution < 1.29 is 4.74 Å². The third kappa shape index (κ3) is 2.92. The van der Waals surface area contributed by atoms with Gasteiger partial charge in [0.1, 0.15) is 0 Å². The zero-order chi connectivity index (χ0) is 10.5. The van der Waals surface area contributed by atoms with Crippen LogP contribution in [0.25, 0.3) is 0 Å². The Morgan fingerprint density at radius 2 is 2.33 bits per heavy atom. The Morgan fingerprint density at radius 1 is 1.40 bits per heavy atom. The van der Waals surface area contributed by atoms with E-state index in [1.54, 1.807) is 0 Å². The van der Waals surface area contributed by atoms with Crippen LogP contribution in [0, 0.1) is 0 Å². The minimum absolute atomic E-state index is 0.656. The van der Waals surface area contributed by atoms with Gasteiger partial charge >= 0.3 is 0 Å². The lowest BCUT2D eigenvalue weighted by Crippen LogP contribution is -2.53. The van der Waals surface area contributed by atoms with Crippen LogP contribution in [-0.2, 0) is 4.74 Å². The van der Waals surface area contributed by atoms with Gasteiger partial charge in [-0.15, -0.1) is 0 Å². The summed E-state index contributed by atoms with van der Waals surface area (Å²) >= 11 is 0. The number of nitrogens with one attached hydrogen (secondary N) is 1. The molecule has 0 aromatic heterocycles. The molecule has 2 saturated heterocycles. The molecule has 15 heavy (non-hydrogen) atoms. The van der Waals surface area contributed by atoms with Crippen molar-refractivity contribution in [3.63, 3.8) is 0 Å². The van der Waals surface area contributed by atoms with Crippen LogP contribution in [-0.4, -0.2) is 49.8 Å². The zero-order valence-corrected chi connectivity index (χ0v) is 9.87. The van der Waals surface area contributed by atoms with Gasteiger partial charge in [-0.2, -0.15) is 0 Å². The molecule has 0 spiro atoms. The summed E-state index contributed by atoms with van der Waals surface area (Å²) in [5.41, 5.74) is 0. The average Bonchev–Trinajstić information content (AvgIpc) is 2.57. The summed E-state index contributed by atoms with van der Waals surface area (Å²) in [6.07, 6.45) is 5.31. The molecule has 0 radical (unpaired) electrons. The molecule has 0 amide bonds. The Kier molecular flexibility index (Phi) is 4.42. The summed E-state index contributed by atoms with van der Waals surface area (Å²) in [6.45, 7) is 7.65. The molecule has 2 rings (SSSR count). The van der Waals surface area contributed by atoms with Crippen molar-refractivity contribution in [2.75, 3.05) is 32.8 Å². The molecule has 0 bridgehead atoms. The summed E-state index contributed by atoms with van der Waals surface area (Å²) in [5.74, 6) is 0. The molecule has 2 aliphatic heterocycles. The van der Waals surface area contributed by atoms with Crippen LogP contribution >= 0.6 is 0 Å². The molecule has 3 nitrogen and oxygen atoms in total. The van der Waals surface area contributed by atoms with E-state index in [2.05, 4.69) is 17.1 Å². The maximum Gasteiger partial charge on any atom is 0.0622 e. The van der Waals surface area contributed by atoms with Crippen molar-refractivity contribution in [3.05, 3.63) is 0 Å². The number of ether oxygens (including phenoxy) is 1. The van der Waals surface area contributed by atoms with Crippen LogP contribution in [0.5, 0.6) is 0 Å². The Balaban J connectivity index is 1.92. The highest BCUT2D eigenvalue weighted by atomic mass is 16.5. The number of hydrogen-bond donors (Lipinski definition) is 1. The number of morpholine rings is 1. The fraction of sp³-hybridized carbons (Fsp3) is 1.00. The van der Waals surface area contributed by atoms with Crippen LogP contribution in [0.15, 0.2) is 0 Å². The lowest BCUT2D eigenvalue weighted by atomic mass is 10.0. The topological polar surface area (TPSA) is 24.5 Å². The van der Waals surface area contributed by atoms with Crippen LogP contribution < -0.4 is 5.32 Å². The molecule has 2 aliphatic rings. The molecule has 0 aliphatic carbocycles. The molecule has 3 heteroatoms. The number of rotatable bonds is 2. The van der Waals surface area contributed by atoms with Gasteiger partial charge in [0, 0.05) is 25.2 Å². The molecule has 0 aromatic rings. The molecule has 2 heterocycles. The molecular weight excluding hydrogens is 188 g/mol. The van der Waals surface area contributed by atoms with Gasteiger partial charge in [-0.25, -0.2) is 0 Å². The van der Waals surface area contributed by atoms with Crippen molar-refractivity contribution >= 4 is 0 Å². The molecule has 2 fully saturated rings. The van der Waals surface area contributed by atoms with E-state index in [0.29, 0.717) is 6.04 Å². The van der Waals surface area contributed by atoms with E-state index in [0.717, 1.165) is 25.8 Å². The minimum Gasteiger partial charge on any atom is -0.378 e. The van der Waals surface area contributed by atoms with Crippen molar-refractivity contribution in [1.29, 1.82) is 0 Å². The molecule has 2 atom stereocenters. The van der Waals surface area contributed by atoms with Gasteiger partial charge in [0.05, 0.1) is 13.2 Å². The average molecular weight is 212 g/mol. The molecule has 0 aromatic carbocycles. The fourth-order valence-corrected chi connectivity index (χ4v) is 2.78. The van der Waals surface area contributed by atoms with Crippen LogP contribution in [0.3, 0.4) is 0 Å². The summed E-state index contributed by atoms with van der Waals surface area (Å²) in [7, 11) is 0. The first-order valence-electron chi connectivity index (χ1n) is 6.46. The van der Waals surface area contributed by atoms with Crippen molar-refractivity contribution in [2.45, 2.75) is 44.7 Å². The van der Waals surface area contributed by atoms with Gasteiger partial charge in [0.25, 0.3) is 0 Å². The fourth-order valence-electron chi connectivity index (χ4n) is 2.78.